The maximum Gasteiger partial charge on any atom is 0.0607 e. The molecule has 0 saturated heterocycles. The second-order valence-electron chi connectivity index (χ2n) is 1.54. The molecular formula is C6H10N2. The fourth-order valence-electron chi connectivity index (χ4n) is 0.373. The van der Waals surface area contributed by atoms with E-state index in [1.54, 1.807) is 6.20 Å². The van der Waals surface area contributed by atoms with Crippen molar-refractivity contribution >= 4 is 13.4 Å². The molecule has 2 heteroatoms. The smallest absolute Gasteiger partial charge is 0.0607 e. The number of aliphatic imine (C=N–C) groups is 2. The van der Waals surface area contributed by atoms with Gasteiger partial charge in [-0.3, -0.25) is 9.98 Å². The summed E-state index contributed by atoms with van der Waals surface area (Å²) in [5, 5.41) is 0. The molecule has 0 unspecified atom stereocenters. The van der Waals surface area contributed by atoms with Gasteiger partial charge in [0.25, 0.3) is 0 Å². The van der Waals surface area contributed by atoms with Gasteiger partial charge in [-0.1, -0.05) is 0 Å². The van der Waals surface area contributed by atoms with Crippen LogP contribution in [-0.4, -0.2) is 20.0 Å². The summed E-state index contributed by atoms with van der Waals surface area (Å²) >= 11 is 0. The average molecular weight is 110 g/mol. The Hall–Kier alpha value is -0.920. The highest BCUT2D eigenvalue weighted by atomic mass is 14.7. The maximum absolute atomic E-state index is 3.65. The number of rotatable bonds is 3. The molecule has 0 amide bonds. The highest BCUT2D eigenvalue weighted by Crippen LogP contribution is 1.90. The third-order valence-electron chi connectivity index (χ3n) is 0.673. The molecule has 0 aliphatic heterocycles. The van der Waals surface area contributed by atoms with Gasteiger partial charge in [-0.2, -0.15) is 0 Å². The van der Waals surface area contributed by atoms with E-state index in [4.69, 9.17) is 0 Å². The van der Waals surface area contributed by atoms with E-state index in [2.05, 4.69) is 23.4 Å². The van der Waals surface area contributed by atoms with Crippen LogP contribution >= 0.6 is 0 Å². The van der Waals surface area contributed by atoms with E-state index in [0.717, 1.165) is 5.57 Å². The molecule has 0 aliphatic rings. The van der Waals surface area contributed by atoms with Crippen LogP contribution in [0.1, 0.15) is 6.92 Å². The molecule has 0 radical (unpaired) electrons. The molecule has 0 atom stereocenters. The van der Waals surface area contributed by atoms with Gasteiger partial charge < -0.3 is 0 Å². The molecule has 2 nitrogen and oxygen atoms in total. The van der Waals surface area contributed by atoms with Crippen molar-refractivity contribution < 1.29 is 0 Å². The summed E-state index contributed by atoms with van der Waals surface area (Å²) in [5.74, 6) is 0. The first kappa shape index (κ1) is 7.08. The molecule has 0 N–H and O–H groups in total. The SMILES string of the molecule is C=NC=C(C)CN=C. The highest BCUT2D eigenvalue weighted by molar-refractivity contribution is 5.27. The lowest BCUT2D eigenvalue weighted by Crippen LogP contribution is -1.78. The number of nitrogens with zero attached hydrogens (tertiary/aromatic N) is 2. The average Bonchev–Trinajstić information content (AvgIpc) is 1.68. The summed E-state index contributed by atoms with van der Waals surface area (Å²) in [4.78, 5) is 7.20. The molecule has 0 aliphatic carbocycles. The molecule has 0 rings (SSSR count). The van der Waals surface area contributed by atoms with Crippen molar-refractivity contribution in [2.24, 2.45) is 9.98 Å². The van der Waals surface area contributed by atoms with Crippen molar-refractivity contribution in [2.45, 2.75) is 6.92 Å². The van der Waals surface area contributed by atoms with E-state index >= 15 is 0 Å². The second-order valence-corrected chi connectivity index (χ2v) is 1.54. The summed E-state index contributed by atoms with van der Waals surface area (Å²) in [6, 6.07) is 0. The minimum Gasteiger partial charge on any atom is -0.296 e. The topological polar surface area (TPSA) is 24.7 Å². The van der Waals surface area contributed by atoms with Crippen LogP contribution in [-0.2, 0) is 0 Å². The van der Waals surface area contributed by atoms with Gasteiger partial charge in [-0.15, -0.1) is 0 Å². The van der Waals surface area contributed by atoms with Crippen LogP contribution < -0.4 is 0 Å². The largest absolute Gasteiger partial charge is 0.296 e. The molecule has 0 aromatic heterocycles. The van der Waals surface area contributed by atoms with Gasteiger partial charge in [0.1, 0.15) is 0 Å². The van der Waals surface area contributed by atoms with Crippen LogP contribution in [0.4, 0.5) is 0 Å². The Kier molecular flexibility index (Phi) is 3.76. The Bertz CT molecular complexity index is 114. The molecule has 0 aromatic carbocycles. The third kappa shape index (κ3) is 3.28. The zero-order valence-corrected chi connectivity index (χ0v) is 5.09. The summed E-state index contributed by atoms with van der Waals surface area (Å²) in [5.41, 5.74) is 1.08. The molecule has 0 saturated carbocycles. The van der Waals surface area contributed by atoms with Crippen molar-refractivity contribution in [1.29, 1.82) is 0 Å². The quantitative estimate of drug-likeness (QED) is 0.489. The first-order valence-corrected chi connectivity index (χ1v) is 2.35. The number of hydrogen-bond donors (Lipinski definition) is 0. The van der Waals surface area contributed by atoms with Crippen LogP contribution in [0.15, 0.2) is 21.8 Å². The van der Waals surface area contributed by atoms with E-state index in [1.165, 1.54) is 0 Å². The molecule has 0 bridgehead atoms. The minimum atomic E-state index is 0.652. The fraction of sp³-hybridized carbons (Fsp3) is 0.333. The normalized spacial score (nSPS) is 10.9. The zero-order chi connectivity index (χ0) is 6.41. The Morgan fingerprint density at radius 3 is 2.62 bits per heavy atom. The van der Waals surface area contributed by atoms with Gasteiger partial charge in [0, 0.05) is 6.20 Å². The van der Waals surface area contributed by atoms with Gasteiger partial charge in [0.05, 0.1) is 6.54 Å². The zero-order valence-electron chi connectivity index (χ0n) is 5.09. The van der Waals surface area contributed by atoms with Gasteiger partial charge in [0.15, 0.2) is 0 Å². The van der Waals surface area contributed by atoms with Crippen LogP contribution in [0.2, 0.25) is 0 Å². The first-order chi connectivity index (χ1) is 3.81. The van der Waals surface area contributed by atoms with Crippen molar-refractivity contribution in [3.05, 3.63) is 11.8 Å². The Morgan fingerprint density at radius 1 is 1.62 bits per heavy atom. The lowest BCUT2D eigenvalue weighted by molar-refractivity contribution is 1.14. The first-order valence-electron chi connectivity index (χ1n) is 2.35. The molecule has 0 spiro atoms. The molecular weight excluding hydrogens is 100 g/mol. The van der Waals surface area contributed by atoms with Crippen molar-refractivity contribution in [1.82, 2.24) is 0 Å². The van der Waals surface area contributed by atoms with Crippen molar-refractivity contribution in [2.75, 3.05) is 6.54 Å². The second kappa shape index (κ2) is 4.24. The molecule has 0 heterocycles. The van der Waals surface area contributed by atoms with E-state index in [1.807, 2.05) is 6.92 Å². The molecule has 44 valence electrons. The van der Waals surface area contributed by atoms with Crippen LogP contribution in [0.25, 0.3) is 0 Å². The van der Waals surface area contributed by atoms with E-state index < -0.39 is 0 Å². The lowest BCUT2D eigenvalue weighted by Gasteiger charge is -1.87. The lowest BCUT2D eigenvalue weighted by atomic mass is 10.3. The van der Waals surface area contributed by atoms with Crippen LogP contribution in [0.5, 0.6) is 0 Å². The maximum atomic E-state index is 3.65. The van der Waals surface area contributed by atoms with E-state index in [9.17, 15) is 0 Å². The van der Waals surface area contributed by atoms with Gasteiger partial charge >= 0.3 is 0 Å². The Labute approximate surface area is 49.7 Å². The summed E-state index contributed by atoms with van der Waals surface area (Å²) in [6.45, 7) is 9.21. The summed E-state index contributed by atoms with van der Waals surface area (Å²) in [6.07, 6.45) is 1.68. The molecule has 8 heavy (non-hydrogen) atoms. The van der Waals surface area contributed by atoms with Gasteiger partial charge in [-0.25, -0.2) is 0 Å². The van der Waals surface area contributed by atoms with Crippen LogP contribution in [0.3, 0.4) is 0 Å². The molecule has 0 aromatic rings. The number of hydrogen-bond acceptors (Lipinski definition) is 2. The van der Waals surface area contributed by atoms with E-state index in [-0.39, 0.29) is 0 Å². The highest BCUT2D eigenvalue weighted by Gasteiger charge is 1.79. The van der Waals surface area contributed by atoms with Gasteiger partial charge in [0.2, 0.25) is 0 Å². The fourth-order valence-corrected chi connectivity index (χ4v) is 0.373. The van der Waals surface area contributed by atoms with Crippen molar-refractivity contribution in [3.8, 4) is 0 Å². The summed E-state index contributed by atoms with van der Waals surface area (Å²) < 4.78 is 0. The summed E-state index contributed by atoms with van der Waals surface area (Å²) in [7, 11) is 0. The third-order valence-corrected chi connectivity index (χ3v) is 0.673. The predicted octanol–water partition coefficient (Wildman–Crippen LogP) is 1.29. The predicted molar refractivity (Wildman–Crippen MR) is 37.7 cm³/mol. The van der Waals surface area contributed by atoms with Crippen molar-refractivity contribution in [3.63, 3.8) is 0 Å². The Morgan fingerprint density at radius 2 is 2.25 bits per heavy atom. The van der Waals surface area contributed by atoms with Gasteiger partial charge in [-0.05, 0) is 25.9 Å². The standard InChI is InChI=1S/C6H10N2/c1-6(4-7-2)5-8-3/h4H,2-3,5H2,1H3. The van der Waals surface area contributed by atoms with Crippen LogP contribution in [0, 0.1) is 0 Å². The monoisotopic (exact) mass is 110 g/mol. The Balaban J connectivity index is 3.60. The van der Waals surface area contributed by atoms with E-state index in [0.29, 0.717) is 6.54 Å². The molecule has 0 fully saturated rings. The minimum absolute atomic E-state index is 0.652.